The molecule has 1 amide bonds. The number of hydrogen-bond donors (Lipinski definition) is 2. The molecule has 1 fully saturated rings. The number of amides is 1. The summed E-state index contributed by atoms with van der Waals surface area (Å²) in [5.74, 6) is 0.832. The number of aromatic amines is 1. The summed E-state index contributed by atoms with van der Waals surface area (Å²) >= 11 is 6.40. The third-order valence-corrected chi connectivity index (χ3v) is 5.43. The second kappa shape index (κ2) is 8.40. The zero-order valence-electron chi connectivity index (χ0n) is 16.9. The summed E-state index contributed by atoms with van der Waals surface area (Å²) in [6.07, 6.45) is 4.14. The first-order valence-electron chi connectivity index (χ1n) is 10.0. The van der Waals surface area contributed by atoms with E-state index in [1.54, 1.807) is 12.3 Å². The van der Waals surface area contributed by atoms with Gasteiger partial charge in [-0.15, -0.1) is 0 Å². The minimum absolute atomic E-state index is 0.0258. The van der Waals surface area contributed by atoms with Crippen LogP contribution in [0.25, 0.3) is 22.6 Å². The van der Waals surface area contributed by atoms with Crippen LogP contribution in [0, 0.1) is 5.92 Å². The number of carbonyl (C=O) groups excluding carboxylic acids is 1. The standard InChI is InChI=1S/C23H23ClN4O2/c1-13(2)23(30)26-11-14-3-7-18(24)17(9-14)22-27-20(10-21(29)28-22)16-6-8-19(25-12-16)15-4-5-15/h3,6-10,12-13,15H,4-5,11H2,1-2H3,(H,26,30)(H,27,28,29). The lowest BCUT2D eigenvalue weighted by molar-refractivity contribution is -0.124. The number of halogens is 1. The molecule has 0 atom stereocenters. The van der Waals surface area contributed by atoms with Crippen molar-refractivity contribution >= 4 is 17.5 Å². The third kappa shape index (κ3) is 4.60. The molecule has 2 heterocycles. The van der Waals surface area contributed by atoms with E-state index in [0.717, 1.165) is 16.8 Å². The van der Waals surface area contributed by atoms with E-state index in [0.29, 0.717) is 34.6 Å². The van der Waals surface area contributed by atoms with Gasteiger partial charge in [0.15, 0.2) is 0 Å². The summed E-state index contributed by atoms with van der Waals surface area (Å²) in [6.45, 7) is 4.06. The second-order valence-electron chi connectivity index (χ2n) is 7.91. The van der Waals surface area contributed by atoms with Crippen molar-refractivity contribution in [2.75, 3.05) is 0 Å². The number of nitrogens with zero attached hydrogens (tertiary/aromatic N) is 2. The Morgan fingerprint density at radius 2 is 2.03 bits per heavy atom. The molecular formula is C23H23ClN4O2. The van der Waals surface area contributed by atoms with Crippen LogP contribution in [0.15, 0.2) is 47.4 Å². The summed E-state index contributed by atoms with van der Waals surface area (Å²) in [6, 6.07) is 10.8. The first-order chi connectivity index (χ1) is 14.4. The number of aromatic nitrogens is 3. The van der Waals surface area contributed by atoms with Crippen LogP contribution in [-0.2, 0) is 11.3 Å². The first kappa shape index (κ1) is 20.3. The molecule has 30 heavy (non-hydrogen) atoms. The Labute approximate surface area is 179 Å². The molecule has 0 unspecified atom stereocenters. The number of carbonyl (C=O) groups is 1. The van der Waals surface area contributed by atoms with Crippen LogP contribution < -0.4 is 10.9 Å². The van der Waals surface area contributed by atoms with E-state index >= 15 is 0 Å². The molecule has 2 N–H and O–H groups in total. The number of rotatable bonds is 6. The molecule has 0 saturated heterocycles. The predicted octanol–water partition coefficient (Wildman–Crippen LogP) is 4.30. The van der Waals surface area contributed by atoms with E-state index in [9.17, 15) is 9.59 Å². The molecule has 0 spiro atoms. The minimum atomic E-state index is -0.268. The molecule has 1 saturated carbocycles. The van der Waals surface area contributed by atoms with Gasteiger partial charge in [0.2, 0.25) is 5.91 Å². The van der Waals surface area contributed by atoms with Gasteiger partial charge in [0.1, 0.15) is 5.82 Å². The average Bonchev–Trinajstić information content (AvgIpc) is 3.58. The van der Waals surface area contributed by atoms with Gasteiger partial charge >= 0.3 is 0 Å². The van der Waals surface area contributed by atoms with Crippen molar-refractivity contribution in [3.05, 3.63) is 69.2 Å². The van der Waals surface area contributed by atoms with Crippen molar-refractivity contribution < 1.29 is 4.79 Å². The Morgan fingerprint density at radius 3 is 2.70 bits per heavy atom. The summed E-state index contributed by atoms with van der Waals surface area (Å²) in [5.41, 5.74) is 3.61. The van der Waals surface area contributed by atoms with Gasteiger partial charge in [-0.1, -0.05) is 31.5 Å². The molecule has 0 radical (unpaired) electrons. The maximum absolute atomic E-state index is 12.3. The molecule has 1 aliphatic rings. The smallest absolute Gasteiger partial charge is 0.251 e. The quantitative estimate of drug-likeness (QED) is 0.619. The van der Waals surface area contributed by atoms with Crippen LogP contribution in [0.1, 0.15) is 43.9 Å². The SMILES string of the molecule is CC(C)C(=O)NCc1ccc(Cl)c(-c2nc(-c3ccc(C4CC4)nc3)cc(=O)[nH]2)c1. The number of pyridine rings is 1. The Morgan fingerprint density at radius 1 is 1.23 bits per heavy atom. The van der Waals surface area contributed by atoms with Crippen molar-refractivity contribution in [2.45, 2.75) is 39.2 Å². The third-order valence-electron chi connectivity index (χ3n) is 5.10. The molecule has 4 rings (SSSR count). The maximum Gasteiger partial charge on any atom is 0.251 e. The number of nitrogens with one attached hydrogen (secondary N) is 2. The molecule has 1 aromatic carbocycles. The van der Waals surface area contributed by atoms with E-state index in [-0.39, 0.29) is 17.4 Å². The normalized spacial score (nSPS) is 13.5. The fourth-order valence-corrected chi connectivity index (χ4v) is 3.37. The zero-order valence-corrected chi connectivity index (χ0v) is 17.7. The van der Waals surface area contributed by atoms with Gasteiger partial charge < -0.3 is 10.3 Å². The molecule has 0 bridgehead atoms. The summed E-state index contributed by atoms with van der Waals surface area (Å²) < 4.78 is 0. The van der Waals surface area contributed by atoms with E-state index in [2.05, 4.69) is 20.3 Å². The number of H-pyrrole nitrogens is 1. The highest BCUT2D eigenvalue weighted by molar-refractivity contribution is 6.33. The van der Waals surface area contributed by atoms with Crippen molar-refractivity contribution in [1.82, 2.24) is 20.3 Å². The highest BCUT2D eigenvalue weighted by atomic mass is 35.5. The van der Waals surface area contributed by atoms with Gasteiger partial charge in [-0.05, 0) is 42.7 Å². The van der Waals surface area contributed by atoms with Gasteiger partial charge in [-0.2, -0.15) is 0 Å². The largest absolute Gasteiger partial charge is 0.352 e. The second-order valence-corrected chi connectivity index (χ2v) is 8.32. The molecule has 154 valence electrons. The predicted molar refractivity (Wildman–Crippen MR) is 117 cm³/mol. The summed E-state index contributed by atoms with van der Waals surface area (Å²) in [7, 11) is 0. The van der Waals surface area contributed by atoms with Gasteiger partial charge in [0, 0.05) is 47.5 Å². The number of benzene rings is 1. The van der Waals surface area contributed by atoms with Crippen LogP contribution in [0.5, 0.6) is 0 Å². The molecule has 1 aliphatic carbocycles. The average molecular weight is 423 g/mol. The first-order valence-corrected chi connectivity index (χ1v) is 10.4. The van der Waals surface area contributed by atoms with Crippen LogP contribution in [0.2, 0.25) is 5.02 Å². The molecule has 6 nitrogen and oxygen atoms in total. The molecular weight excluding hydrogens is 400 g/mol. The lowest BCUT2D eigenvalue weighted by atomic mass is 10.1. The van der Waals surface area contributed by atoms with Crippen molar-refractivity contribution in [2.24, 2.45) is 5.92 Å². The Kier molecular flexibility index (Phi) is 5.68. The summed E-state index contributed by atoms with van der Waals surface area (Å²) in [5, 5.41) is 3.35. The lowest BCUT2D eigenvalue weighted by Gasteiger charge is -2.11. The lowest BCUT2D eigenvalue weighted by Crippen LogP contribution is -2.27. The maximum atomic E-state index is 12.3. The highest BCUT2D eigenvalue weighted by Gasteiger charge is 2.24. The summed E-state index contributed by atoms with van der Waals surface area (Å²) in [4.78, 5) is 36.1. The molecule has 7 heteroatoms. The van der Waals surface area contributed by atoms with Crippen molar-refractivity contribution in [3.8, 4) is 22.6 Å². The minimum Gasteiger partial charge on any atom is -0.352 e. The van der Waals surface area contributed by atoms with E-state index < -0.39 is 0 Å². The highest BCUT2D eigenvalue weighted by Crippen LogP contribution is 2.39. The topological polar surface area (TPSA) is 87.7 Å². The number of hydrogen-bond acceptors (Lipinski definition) is 4. The van der Waals surface area contributed by atoms with Crippen LogP contribution in [-0.4, -0.2) is 20.9 Å². The van der Waals surface area contributed by atoms with Crippen molar-refractivity contribution in [1.29, 1.82) is 0 Å². The van der Waals surface area contributed by atoms with Crippen LogP contribution in [0.4, 0.5) is 0 Å². The zero-order chi connectivity index (χ0) is 21.3. The van der Waals surface area contributed by atoms with Gasteiger partial charge in [-0.25, -0.2) is 4.98 Å². The van der Waals surface area contributed by atoms with Crippen molar-refractivity contribution in [3.63, 3.8) is 0 Å². The Balaban J connectivity index is 1.64. The fourth-order valence-electron chi connectivity index (χ4n) is 3.17. The monoisotopic (exact) mass is 422 g/mol. The van der Waals surface area contributed by atoms with Gasteiger partial charge in [-0.3, -0.25) is 14.6 Å². The van der Waals surface area contributed by atoms with E-state index in [1.165, 1.54) is 18.9 Å². The fraction of sp³-hybridized carbons (Fsp3) is 0.304. The Hall–Kier alpha value is -2.99. The molecule has 3 aromatic rings. The van der Waals surface area contributed by atoms with E-state index in [1.807, 2.05) is 38.1 Å². The molecule has 0 aliphatic heterocycles. The van der Waals surface area contributed by atoms with Gasteiger partial charge in [0.05, 0.1) is 10.7 Å². The molecule has 2 aromatic heterocycles. The van der Waals surface area contributed by atoms with Gasteiger partial charge in [0.25, 0.3) is 5.56 Å². The van der Waals surface area contributed by atoms with Crippen LogP contribution in [0.3, 0.4) is 0 Å². The Bertz CT molecular complexity index is 1130. The van der Waals surface area contributed by atoms with E-state index in [4.69, 9.17) is 11.6 Å². The van der Waals surface area contributed by atoms with Crippen LogP contribution >= 0.6 is 11.6 Å².